The molecule has 0 radical (unpaired) electrons. The van der Waals surface area contributed by atoms with Gasteiger partial charge in [0, 0.05) is 12.0 Å². The highest BCUT2D eigenvalue weighted by Gasteiger charge is 2.54. The zero-order chi connectivity index (χ0) is 22.3. The van der Waals surface area contributed by atoms with E-state index in [0.717, 1.165) is 24.2 Å². The molecule has 7 nitrogen and oxygen atoms in total. The average Bonchev–Trinajstić information content (AvgIpc) is 3.12. The molecule has 162 valence electrons. The predicted octanol–water partition coefficient (Wildman–Crippen LogP) is 2.80. The SMILES string of the molecule is O=C1CN(C(=O)CCCCCc2ccccc2)[C@](NC(=O)c2ccccc2)(C(=O)O)C1. The van der Waals surface area contributed by atoms with Crippen molar-refractivity contribution in [3.05, 3.63) is 71.8 Å². The lowest BCUT2D eigenvalue weighted by Gasteiger charge is -2.34. The minimum atomic E-state index is -2.05. The van der Waals surface area contributed by atoms with Crippen LogP contribution >= 0.6 is 0 Å². The van der Waals surface area contributed by atoms with E-state index in [9.17, 15) is 24.3 Å². The maximum Gasteiger partial charge on any atom is 0.351 e. The highest BCUT2D eigenvalue weighted by atomic mass is 16.4. The number of carbonyl (C=O) groups excluding carboxylic acids is 3. The van der Waals surface area contributed by atoms with Gasteiger partial charge in [-0.05, 0) is 37.0 Å². The third kappa shape index (κ3) is 5.36. The van der Waals surface area contributed by atoms with Crippen LogP contribution in [0, 0.1) is 0 Å². The Bertz CT molecular complexity index is 945. The van der Waals surface area contributed by atoms with E-state index in [4.69, 9.17) is 0 Å². The molecule has 0 saturated carbocycles. The van der Waals surface area contributed by atoms with Gasteiger partial charge in [-0.3, -0.25) is 14.4 Å². The maximum atomic E-state index is 12.8. The van der Waals surface area contributed by atoms with Gasteiger partial charge in [0.05, 0.1) is 13.0 Å². The number of aryl methyl sites for hydroxylation is 1. The predicted molar refractivity (Wildman–Crippen MR) is 114 cm³/mol. The summed E-state index contributed by atoms with van der Waals surface area (Å²) in [6.45, 7) is -0.315. The fourth-order valence-corrected chi connectivity index (χ4v) is 3.82. The number of hydrogen-bond acceptors (Lipinski definition) is 4. The summed E-state index contributed by atoms with van der Waals surface area (Å²) < 4.78 is 0. The number of aliphatic carboxylic acids is 1. The third-order valence-electron chi connectivity index (χ3n) is 5.46. The zero-order valence-electron chi connectivity index (χ0n) is 17.3. The van der Waals surface area contributed by atoms with Crippen LogP contribution in [-0.2, 0) is 20.8 Å². The first-order valence-corrected chi connectivity index (χ1v) is 10.4. The smallest absolute Gasteiger partial charge is 0.351 e. The molecule has 1 aliphatic rings. The van der Waals surface area contributed by atoms with Gasteiger partial charge < -0.3 is 15.3 Å². The lowest BCUT2D eigenvalue weighted by atomic mass is 10.0. The Morgan fingerprint density at radius 3 is 2.23 bits per heavy atom. The number of likely N-dealkylation sites (tertiary alicyclic amines) is 1. The summed E-state index contributed by atoms with van der Waals surface area (Å²) in [5.74, 6) is -2.90. The third-order valence-corrected chi connectivity index (χ3v) is 5.46. The Labute approximate surface area is 181 Å². The molecule has 2 N–H and O–H groups in total. The summed E-state index contributed by atoms with van der Waals surface area (Å²) in [6.07, 6.45) is 2.88. The van der Waals surface area contributed by atoms with Crippen molar-refractivity contribution in [3.63, 3.8) is 0 Å². The second kappa shape index (κ2) is 10.0. The van der Waals surface area contributed by atoms with Crippen molar-refractivity contribution in [2.45, 2.75) is 44.2 Å². The molecule has 0 aliphatic carbocycles. The normalized spacial score (nSPS) is 18.1. The zero-order valence-corrected chi connectivity index (χ0v) is 17.3. The Morgan fingerprint density at radius 1 is 0.935 bits per heavy atom. The first-order valence-electron chi connectivity index (χ1n) is 10.4. The number of unbranched alkanes of at least 4 members (excludes halogenated alkanes) is 2. The van der Waals surface area contributed by atoms with E-state index in [1.54, 1.807) is 30.3 Å². The molecule has 0 aromatic heterocycles. The highest BCUT2D eigenvalue weighted by Crippen LogP contribution is 2.27. The minimum absolute atomic E-state index is 0.123. The number of nitrogens with one attached hydrogen (secondary N) is 1. The number of carboxylic acid groups (broad SMARTS) is 1. The molecule has 0 bridgehead atoms. The van der Waals surface area contributed by atoms with E-state index in [0.29, 0.717) is 6.42 Å². The fraction of sp³-hybridized carbons (Fsp3) is 0.333. The largest absolute Gasteiger partial charge is 0.478 e. The Hall–Kier alpha value is -3.48. The van der Waals surface area contributed by atoms with Gasteiger partial charge in [-0.25, -0.2) is 4.79 Å². The number of nitrogens with zero attached hydrogens (tertiary/aromatic N) is 1. The van der Waals surface area contributed by atoms with E-state index < -0.39 is 35.7 Å². The van der Waals surface area contributed by atoms with Crippen LogP contribution in [0.15, 0.2) is 60.7 Å². The standard InChI is InChI=1S/C24H26N2O5/c27-20-16-24(23(30)31,25-22(29)19-13-7-3-8-14-19)26(17-20)21(28)15-9-2-6-12-18-10-4-1-5-11-18/h1,3-5,7-8,10-11,13-14H,2,6,9,12,15-17H2,(H,25,29)(H,30,31)/t24-/m0/s1. The number of ketones is 1. The molecule has 1 atom stereocenters. The number of carbonyl (C=O) groups is 4. The van der Waals surface area contributed by atoms with Gasteiger partial charge in [-0.2, -0.15) is 0 Å². The van der Waals surface area contributed by atoms with Crippen molar-refractivity contribution in [3.8, 4) is 0 Å². The summed E-state index contributed by atoms with van der Waals surface area (Å²) in [4.78, 5) is 50.7. The molecular formula is C24H26N2O5. The molecule has 1 aliphatic heterocycles. The van der Waals surface area contributed by atoms with Gasteiger partial charge in [0.1, 0.15) is 0 Å². The molecule has 2 aromatic carbocycles. The molecule has 1 fully saturated rings. The van der Waals surface area contributed by atoms with Crippen molar-refractivity contribution in [1.29, 1.82) is 0 Å². The van der Waals surface area contributed by atoms with Gasteiger partial charge in [-0.15, -0.1) is 0 Å². The van der Waals surface area contributed by atoms with Crippen LogP contribution in [0.4, 0.5) is 0 Å². The molecule has 2 amide bonds. The van der Waals surface area contributed by atoms with Crippen molar-refractivity contribution in [2.75, 3.05) is 6.54 Å². The monoisotopic (exact) mass is 422 g/mol. The Balaban J connectivity index is 1.61. The lowest BCUT2D eigenvalue weighted by molar-refractivity contribution is -0.158. The van der Waals surface area contributed by atoms with Crippen LogP contribution in [0.1, 0.15) is 48.0 Å². The van der Waals surface area contributed by atoms with Crippen LogP contribution in [0.25, 0.3) is 0 Å². The van der Waals surface area contributed by atoms with Crippen LogP contribution in [-0.4, -0.2) is 45.8 Å². The van der Waals surface area contributed by atoms with Crippen LogP contribution in [0.3, 0.4) is 0 Å². The van der Waals surface area contributed by atoms with Gasteiger partial charge in [0.25, 0.3) is 5.91 Å². The van der Waals surface area contributed by atoms with E-state index in [1.165, 1.54) is 5.56 Å². The minimum Gasteiger partial charge on any atom is -0.478 e. The summed E-state index contributed by atoms with van der Waals surface area (Å²) >= 11 is 0. The molecule has 2 aromatic rings. The summed E-state index contributed by atoms with van der Waals surface area (Å²) in [6, 6.07) is 18.2. The van der Waals surface area contributed by atoms with E-state index in [2.05, 4.69) is 17.4 Å². The first kappa shape index (κ1) is 22.2. The summed E-state index contributed by atoms with van der Waals surface area (Å²) in [7, 11) is 0. The number of Topliss-reactive ketones (excluding diaryl/α,β-unsaturated/α-hetero) is 1. The molecule has 0 spiro atoms. The van der Waals surface area contributed by atoms with Crippen molar-refractivity contribution in [2.24, 2.45) is 0 Å². The molecule has 7 heteroatoms. The van der Waals surface area contributed by atoms with Gasteiger partial charge in [-0.1, -0.05) is 55.0 Å². The molecule has 3 rings (SSSR count). The number of rotatable bonds is 9. The van der Waals surface area contributed by atoms with Crippen LogP contribution < -0.4 is 5.32 Å². The van der Waals surface area contributed by atoms with Gasteiger partial charge in [0.15, 0.2) is 5.78 Å². The number of benzene rings is 2. The van der Waals surface area contributed by atoms with E-state index in [-0.39, 0.29) is 18.5 Å². The lowest BCUT2D eigenvalue weighted by Crippen LogP contribution is -2.64. The van der Waals surface area contributed by atoms with Gasteiger partial charge in [0.2, 0.25) is 11.6 Å². The average molecular weight is 422 g/mol. The number of amides is 2. The Morgan fingerprint density at radius 2 is 1.58 bits per heavy atom. The number of hydrogen-bond donors (Lipinski definition) is 2. The molecule has 1 heterocycles. The Kier molecular flexibility index (Phi) is 7.18. The second-order valence-corrected chi connectivity index (χ2v) is 7.73. The van der Waals surface area contributed by atoms with Crippen molar-refractivity contribution in [1.82, 2.24) is 10.2 Å². The second-order valence-electron chi connectivity index (χ2n) is 7.73. The molecule has 1 saturated heterocycles. The molecule has 31 heavy (non-hydrogen) atoms. The highest BCUT2D eigenvalue weighted by molar-refractivity contribution is 6.04. The van der Waals surface area contributed by atoms with Crippen LogP contribution in [0.2, 0.25) is 0 Å². The van der Waals surface area contributed by atoms with Gasteiger partial charge >= 0.3 is 5.97 Å². The summed E-state index contributed by atoms with van der Waals surface area (Å²) in [5, 5.41) is 12.3. The number of carboxylic acids is 1. The fourth-order valence-electron chi connectivity index (χ4n) is 3.82. The topological polar surface area (TPSA) is 104 Å². The molecule has 0 unspecified atom stereocenters. The quantitative estimate of drug-likeness (QED) is 0.605. The first-order chi connectivity index (χ1) is 14.9. The summed E-state index contributed by atoms with van der Waals surface area (Å²) in [5.41, 5.74) is -0.561. The van der Waals surface area contributed by atoms with Crippen molar-refractivity contribution >= 4 is 23.6 Å². The molecular weight excluding hydrogens is 396 g/mol. The van der Waals surface area contributed by atoms with Crippen molar-refractivity contribution < 1.29 is 24.3 Å². The van der Waals surface area contributed by atoms with Crippen LogP contribution in [0.5, 0.6) is 0 Å². The van der Waals surface area contributed by atoms with E-state index in [1.807, 2.05) is 18.2 Å². The maximum absolute atomic E-state index is 12.8. The van der Waals surface area contributed by atoms with E-state index >= 15 is 0 Å².